The van der Waals surface area contributed by atoms with Crippen LogP contribution in [-0.2, 0) is 0 Å². The van der Waals surface area contributed by atoms with Crippen molar-refractivity contribution in [3.8, 4) is 5.75 Å². The first-order valence-corrected chi connectivity index (χ1v) is 6.50. The summed E-state index contributed by atoms with van der Waals surface area (Å²) in [4.78, 5) is 15.7. The predicted octanol–water partition coefficient (Wildman–Crippen LogP) is 4.54. The third kappa shape index (κ3) is 4.25. The third-order valence-electron chi connectivity index (χ3n) is 2.42. The summed E-state index contributed by atoms with van der Waals surface area (Å²) in [6.07, 6.45) is -4.87. The van der Waals surface area contributed by atoms with E-state index in [9.17, 15) is 18.0 Å². The van der Waals surface area contributed by atoms with Gasteiger partial charge in [-0.1, -0.05) is 35.3 Å². The molecule has 0 aliphatic heterocycles. The van der Waals surface area contributed by atoms with Gasteiger partial charge in [0.2, 0.25) is 0 Å². The van der Waals surface area contributed by atoms with Gasteiger partial charge in [0.25, 0.3) is 5.91 Å². The van der Waals surface area contributed by atoms with E-state index < -0.39 is 18.0 Å². The van der Waals surface area contributed by atoms with Crippen molar-refractivity contribution < 1.29 is 22.7 Å². The zero-order valence-corrected chi connectivity index (χ0v) is 12.1. The van der Waals surface area contributed by atoms with Gasteiger partial charge in [-0.05, 0) is 24.3 Å². The van der Waals surface area contributed by atoms with E-state index in [1.54, 1.807) is 0 Å². The molecule has 0 saturated carbocycles. The minimum atomic E-state index is -4.87. The Labute approximate surface area is 132 Å². The van der Waals surface area contributed by atoms with E-state index in [-0.39, 0.29) is 21.6 Å². The number of anilines is 1. The molecule has 2 aromatic rings. The van der Waals surface area contributed by atoms with Crippen LogP contribution >= 0.6 is 23.2 Å². The van der Waals surface area contributed by atoms with Crippen molar-refractivity contribution in [1.82, 2.24) is 4.98 Å². The lowest BCUT2D eigenvalue weighted by atomic mass is 10.2. The van der Waals surface area contributed by atoms with E-state index in [0.717, 1.165) is 6.07 Å². The van der Waals surface area contributed by atoms with Gasteiger partial charge in [0.05, 0.1) is 11.3 Å². The van der Waals surface area contributed by atoms with Crippen LogP contribution in [0.15, 0.2) is 36.4 Å². The number of carbonyl (C=O) groups excluding carboxylic acids is 1. The molecule has 0 unspecified atom stereocenters. The number of amides is 1. The van der Waals surface area contributed by atoms with E-state index in [2.05, 4.69) is 15.0 Å². The molecular formula is C13H7Cl2F3N2O2. The number of hydrogen-bond acceptors (Lipinski definition) is 3. The maximum atomic E-state index is 12.3. The molecule has 4 nitrogen and oxygen atoms in total. The summed E-state index contributed by atoms with van der Waals surface area (Å²) >= 11 is 11.4. The molecule has 2 rings (SSSR count). The van der Waals surface area contributed by atoms with Crippen molar-refractivity contribution >= 4 is 34.8 Å². The van der Waals surface area contributed by atoms with Crippen LogP contribution in [0.25, 0.3) is 0 Å². The van der Waals surface area contributed by atoms with Gasteiger partial charge in [0.1, 0.15) is 10.3 Å². The van der Waals surface area contributed by atoms with Gasteiger partial charge in [-0.2, -0.15) is 0 Å². The molecule has 116 valence electrons. The van der Waals surface area contributed by atoms with Gasteiger partial charge in [-0.15, -0.1) is 13.2 Å². The van der Waals surface area contributed by atoms with Crippen molar-refractivity contribution in [2.75, 3.05) is 5.32 Å². The van der Waals surface area contributed by atoms with E-state index >= 15 is 0 Å². The predicted molar refractivity (Wildman–Crippen MR) is 75.3 cm³/mol. The van der Waals surface area contributed by atoms with Crippen LogP contribution in [0.3, 0.4) is 0 Å². The summed E-state index contributed by atoms with van der Waals surface area (Å²) in [7, 11) is 0. The van der Waals surface area contributed by atoms with Gasteiger partial charge in [0.15, 0.2) is 5.75 Å². The third-order valence-corrected chi connectivity index (χ3v) is 2.92. The Bertz CT molecular complexity index is 708. The molecule has 0 saturated heterocycles. The lowest BCUT2D eigenvalue weighted by Gasteiger charge is -2.14. The Morgan fingerprint density at radius 3 is 2.45 bits per heavy atom. The average molecular weight is 351 g/mol. The van der Waals surface area contributed by atoms with E-state index in [1.807, 2.05) is 0 Å². The number of aromatic nitrogens is 1. The molecule has 0 aliphatic carbocycles. The summed E-state index contributed by atoms with van der Waals surface area (Å²) in [5.74, 6) is -1.28. The Hall–Kier alpha value is -1.99. The van der Waals surface area contributed by atoms with Crippen LogP contribution in [0.4, 0.5) is 18.9 Å². The summed E-state index contributed by atoms with van der Waals surface area (Å²) in [6.45, 7) is 0. The Kier molecular flexibility index (Phi) is 4.77. The lowest BCUT2D eigenvalue weighted by molar-refractivity contribution is -0.274. The summed E-state index contributed by atoms with van der Waals surface area (Å²) in [5, 5.41) is 2.20. The SMILES string of the molecule is O=C(Nc1ccccc1OC(F)(F)F)c1ccc(Cl)nc1Cl. The minimum Gasteiger partial charge on any atom is -0.404 e. The fraction of sp³-hybridized carbons (Fsp3) is 0.0769. The number of nitrogens with zero attached hydrogens (tertiary/aromatic N) is 1. The number of alkyl halides is 3. The molecular weight excluding hydrogens is 344 g/mol. The molecule has 0 fully saturated rings. The molecule has 0 radical (unpaired) electrons. The number of para-hydroxylation sites is 2. The number of halogens is 5. The minimum absolute atomic E-state index is 0.0344. The van der Waals surface area contributed by atoms with Crippen LogP contribution in [0.2, 0.25) is 10.3 Å². The van der Waals surface area contributed by atoms with Gasteiger partial charge in [-0.25, -0.2) is 4.98 Å². The summed E-state index contributed by atoms with van der Waals surface area (Å²) in [5.41, 5.74) is -0.191. The molecule has 0 spiro atoms. The molecule has 0 bridgehead atoms. The van der Waals surface area contributed by atoms with Crippen molar-refractivity contribution in [1.29, 1.82) is 0 Å². The van der Waals surface area contributed by atoms with Gasteiger partial charge < -0.3 is 10.1 Å². The Morgan fingerprint density at radius 2 is 1.82 bits per heavy atom. The maximum absolute atomic E-state index is 12.3. The van der Waals surface area contributed by atoms with Crippen molar-refractivity contribution in [3.05, 3.63) is 52.3 Å². The highest BCUT2D eigenvalue weighted by Gasteiger charge is 2.32. The Morgan fingerprint density at radius 1 is 1.14 bits per heavy atom. The topological polar surface area (TPSA) is 51.2 Å². The smallest absolute Gasteiger partial charge is 0.404 e. The zero-order chi connectivity index (χ0) is 16.3. The fourth-order valence-corrected chi connectivity index (χ4v) is 1.99. The molecule has 1 N–H and O–H groups in total. The number of carbonyl (C=O) groups is 1. The van der Waals surface area contributed by atoms with Crippen molar-refractivity contribution in [2.24, 2.45) is 0 Å². The number of rotatable bonds is 3. The van der Waals surface area contributed by atoms with Gasteiger partial charge in [0, 0.05) is 0 Å². The van der Waals surface area contributed by atoms with Crippen LogP contribution in [0.1, 0.15) is 10.4 Å². The summed E-state index contributed by atoms with van der Waals surface area (Å²) in [6, 6.07) is 7.76. The van der Waals surface area contributed by atoms with Gasteiger partial charge >= 0.3 is 6.36 Å². The second-order valence-electron chi connectivity index (χ2n) is 3.97. The second kappa shape index (κ2) is 6.41. The number of benzene rings is 1. The largest absolute Gasteiger partial charge is 0.573 e. The molecule has 1 amide bonds. The van der Waals surface area contributed by atoms with Crippen LogP contribution < -0.4 is 10.1 Å². The normalized spacial score (nSPS) is 11.1. The van der Waals surface area contributed by atoms with Crippen molar-refractivity contribution in [2.45, 2.75) is 6.36 Å². The molecule has 0 aliphatic rings. The van der Waals surface area contributed by atoms with Gasteiger partial charge in [-0.3, -0.25) is 4.79 Å². The lowest BCUT2D eigenvalue weighted by Crippen LogP contribution is -2.19. The highest BCUT2D eigenvalue weighted by molar-refractivity contribution is 6.35. The first-order valence-electron chi connectivity index (χ1n) is 5.74. The van der Waals surface area contributed by atoms with Crippen LogP contribution in [0, 0.1) is 0 Å². The monoisotopic (exact) mass is 350 g/mol. The molecule has 9 heteroatoms. The first-order chi connectivity index (χ1) is 10.3. The first kappa shape index (κ1) is 16.4. The molecule has 22 heavy (non-hydrogen) atoms. The van der Waals surface area contributed by atoms with Crippen LogP contribution in [-0.4, -0.2) is 17.3 Å². The number of nitrogens with one attached hydrogen (secondary N) is 1. The molecule has 0 atom stereocenters. The Balaban J connectivity index is 2.25. The second-order valence-corrected chi connectivity index (χ2v) is 4.72. The van der Waals surface area contributed by atoms with E-state index in [4.69, 9.17) is 23.2 Å². The van der Waals surface area contributed by atoms with E-state index in [0.29, 0.717) is 0 Å². The maximum Gasteiger partial charge on any atom is 0.573 e. The molecule has 1 heterocycles. The summed E-state index contributed by atoms with van der Waals surface area (Å²) < 4.78 is 40.8. The molecule has 1 aromatic carbocycles. The zero-order valence-electron chi connectivity index (χ0n) is 10.6. The standard InChI is InChI=1S/C13H7Cl2F3N2O2/c14-10-6-5-7(11(15)20-10)12(21)19-8-3-1-2-4-9(8)22-13(16,17)18/h1-6H,(H,19,21). The quantitative estimate of drug-likeness (QED) is 0.826. The fourth-order valence-electron chi connectivity index (χ4n) is 1.55. The number of hydrogen-bond donors (Lipinski definition) is 1. The average Bonchev–Trinajstić information content (AvgIpc) is 2.39. The van der Waals surface area contributed by atoms with E-state index in [1.165, 1.54) is 30.3 Å². The molecule has 1 aromatic heterocycles. The van der Waals surface area contributed by atoms with Crippen molar-refractivity contribution in [3.63, 3.8) is 0 Å². The number of ether oxygens (including phenoxy) is 1. The van der Waals surface area contributed by atoms with Crippen LogP contribution in [0.5, 0.6) is 5.75 Å². The highest BCUT2D eigenvalue weighted by Crippen LogP contribution is 2.30. The highest BCUT2D eigenvalue weighted by atomic mass is 35.5. The number of pyridine rings is 1.